The summed E-state index contributed by atoms with van der Waals surface area (Å²) in [4.78, 5) is 26.8. The van der Waals surface area contributed by atoms with E-state index in [1.54, 1.807) is 0 Å². The van der Waals surface area contributed by atoms with Gasteiger partial charge in [-0.1, -0.05) is 0 Å². The second-order valence-corrected chi connectivity index (χ2v) is 0.984. The number of amides is 2. The molecule has 0 aromatic rings. The fraction of sp³-hybridized carbons (Fsp3) is 0. The van der Waals surface area contributed by atoms with Crippen LogP contribution in [-0.4, -0.2) is 12.2 Å². The molecular formula is C2H4N4O4. The monoisotopic (exact) mass is 148 g/mol. The minimum Gasteiger partial charge on any atom is -0.333 e. The summed E-state index contributed by atoms with van der Waals surface area (Å²) in [6, 6.07) is 0. The highest BCUT2D eigenvalue weighted by molar-refractivity contribution is 5.64. The average molecular weight is 148 g/mol. The van der Waals surface area contributed by atoms with Gasteiger partial charge in [-0.3, -0.25) is 9.68 Å². The molecule has 0 atom stereocenters. The van der Waals surface area contributed by atoms with Crippen LogP contribution in [0.2, 0.25) is 0 Å². The molecule has 0 radical (unpaired) electrons. The molecule has 10 heavy (non-hydrogen) atoms. The van der Waals surface area contributed by atoms with Crippen molar-refractivity contribution >= 4 is 12.2 Å². The SMILES string of the molecule is NC(=O)ON=NOC(N)=O. The zero-order valence-corrected chi connectivity index (χ0v) is 4.68. The first kappa shape index (κ1) is 8.14. The Balaban J connectivity index is 3.38. The normalized spacial score (nSPS) is 9.20. The molecule has 2 amide bonds. The van der Waals surface area contributed by atoms with Gasteiger partial charge in [0.05, 0.1) is 10.6 Å². The molecule has 0 bridgehead atoms. The zero-order valence-electron chi connectivity index (χ0n) is 4.68. The minimum atomic E-state index is -1.17. The Morgan fingerprint density at radius 3 is 1.50 bits per heavy atom. The van der Waals surface area contributed by atoms with Crippen LogP contribution in [0, 0.1) is 0 Å². The second kappa shape index (κ2) is 4.06. The summed E-state index contributed by atoms with van der Waals surface area (Å²) in [5.74, 6) is 0. The highest BCUT2D eigenvalue weighted by atomic mass is 16.8. The third-order valence-corrected chi connectivity index (χ3v) is 0.295. The summed E-state index contributed by atoms with van der Waals surface area (Å²) in [5, 5.41) is 5.08. The van der Waals surface area contributed by atoms with E-state index in [0.29, 0.717) is 0 Å². The number of nitrogens with two attached hydrogens (primary N) is 2. The van der Waals surface area contributed by atoms with E-state index in [4.69, 9.17) is 0 Å². The van der Waals surface area contributed by atoms with Gasteiger partial charge in [-0.15, -0.1) is 0 Å². The van der Waals surface area contributed by atoms with Crippen LogP contribution in [0.3, 0.4) is 0 Å². The number of carbonyl (C=O) groups excluding carboxylic acids is 2. The summed E-state index contributed by atoms with van der Waals surface area (Å²) in [7, 11) is 0. The van der Waals surface area contributed by atoms with Crippen LogP contribution in [0.5, 0.6) is 0 Å². The van der Waals surface area contributed by atoms with Crippen molar-refractivity contribution in [1.29, 1.82) is 0 Å². The highest BCUT2D eigenvalue weighted by Crippen LogP contribution is 1.80. The molecule has 4 N–H and O–H groups in total. The van der Waals surface area contributed by atoms with Crippen LogP contribution < -0.4 is 11.5 Å². The van der Waals surface area contributed by atoms with Gasteiger partial charge in [-0.05, 0) is 0 Å². The Labute approximate surface area is 54.7 Å². The van der Waals surface area contributed by atoms with E-state index in [-0.39, 0.29) is 0 Å². The van der Waals surface area contributed by atoms with Crippen LogP contribution in [0.15, 0.2) is 10.6 Å². The first-order chi connectivity index (χ1) is 4.63. The first-order valence-corrected chi connectivity index (χ1v) is 1.96. The molecule has 0 saturated heterocycles. The smallest absolute Gasteiger partial charge is 0.333 e. The van der Waals surface area contributed by atoms with Crippen molar-refractivity contribution in [1.82, 2.24) is 0 Å². The molecule has 0 heterocycles. The van der Waals surface area contributed by atoms with E-state index in [9.17, 15) is 9.59 Å². The summed E-state index contributed by atoms with van der Waals surface area (Å²) in [6.07, 6.45) is -2.34. The number of primary amides is 2. The molecule has 0 aromatic heterocycles. The van der Waals surface area contributed by atoms with Crippen molar-refractivity contribution in [2.45, 2.75) is 0 Å². The van der Waals surface area contributed by atoms with Crippen molar-refractivity contribution in [3.8, 4) is 0 Å². The van der Waals surface area contributed by atoms with Gasteiger partial charge in [0, 0.05) is 0 Å². The largest absolute Gasteiger partial charge is 0.432 e. The molecule has 8 nitrogen and oxygen atoms in total. The number of rotatable bonds is 2. The quantitative estimate of drug-likeness (QED) is 0.402. The maximum atomic E-state index is 9.72. The lowest BCUT2D eigenvalue weighted by molar-refractivity contribution is 0.100. The second-order valence-electron chi connectivity index (χ2n) is 0.984. The molecule has 56 valence electrons. The van der Waals surface area contributed by atoms with Gasteiger partial charge >= 0.3 is 12.2 Å². The van der Waals surface area contributed by atoms with Crippen molar-refractivity contribution in [2.24, 2.45) is 22.0 Å². The molecule has 0 fully saturated rings. The third kappa shape index (κ3) is 6.14. The Morgan fingerprint density at radius 1 is 1.00 bits per heavy atom. The van der Waals surface area contributed by atoms with E-state index in [2.05, 4.69) is 31.7 Å². The van der Waals surface area contributed by atoms with Gasteiger partial charge in [0.25, 0.3) is 0 Å². The maximum absolute atomic E-state index is 9.72. The van der Waals surface area contributed by atoms with Gasteiger partial charge in [0.2, 0.25) is 0 Å². The van der Waals surface area contributed by atoms with Gasteiger partial charge in [0.15, 0.2) is 0 Å². The summed E-state index contributed by atoms with van der Waals surface area (Å²) < 4.78 is 0. The zero-order chi connectivity index (χ0) is 7.98. The van der Waals surface area contributed by atoms with Crippen LogP contribution in [-0.2, 0) is 9.68 Å². The van der Waals surface area contributed by atoms with Crippen LogP contribution in [0.1, 0.15) is 0 Å². The lowest BCUT2D eigenvalue weighted by Gasteiger charge is -1.85. The summed E-state index contributed by atoms with van der Waals surface area (Å²) in [5.41, 5.74) is 8.85. The Morgan fingerprint density at radius 2 is 1.30 bits per heavy atom. The maximum Gasteiger partial charge on any atom is 0.432 e. The van der Waals surface area contributed by atoms with Crippen LogP contribution >= 0.6 is 0 Å². The molecular weight excluding hydrogens is 144 g/mol. The fourth-order valence-electron chi connectivity index (χ4n) is 0.114. The van der Waals surface area contributed by atoms with Crippen molar-refractivity contribution in [2.75, 3.05) is 0 Å². The fourth-order valence-corrected chi connectivity index (χ4v) is 0.114. The van der Waals surface area contributed by atoms with Crippen molar-refractivity contribution in [3.05, 3.63) is 0 Å². The third-order valence-electron chi connectivity index (χ3n) is 0.295. The summed E-state index contributed by atoms with van der Waals surface area (Å²) >= 11 is 0. The van der Waals surface area contributed by atoms with E-state index in [0.717, 1.165) is 0 Å². The first-order valence-electron chi connectivity index (χ1n) is 1.96. The average Bonchev–Trinajstić information content (AvgIpc) is 1.79. The van der Waals surface area contributed by atoms with Crippen molar-refractivity contribution < 1.29 is 19.3 Å². The summed E-state index contributed by atoms with van der Waals surface area (Å²) in [6.45, 7) is 0. The van der Waals surface area contributed by atoms with E-state index < -0.39 is 12.2 Å². The standard InChI is InChI=1S/C2H4N4O4/c3-1(7)9-5-6-10-2(4)8/h(H2,3,7)(H2,4,8). The number of hydrogen-bond acceptors (Lipinski definition) is 6. The van der Waals surface area contributed by atoms with Gasteiger partial charge in [-0.25, -0.2) is 9.59 Å². The van der Waals surface area contributed by atoms with Crippen molar-refractivity contribution in [3.63, 3.8) is 0 Å². The topological polar surface area (TPSA) is 129 Å². The lowest BCUT2D eigenvalue weighted by atomic mass is 11.3. The molecule has 0 aliphatic heterocycles. The molecule has 0 rings (SSSR count). The van der Waals surface area contributed by atoms with E-state index >= 15 is 0 Å². The van der Waals surface area contributed by atoms with Gasteiger partial charge in [-0.2, -0.15) is 0 Å². The molecule has 0 aliphatic rings. The number of hydrogen-bond donors (Lipinski definition) is 2. The van der Waals surface area contributed by atoms with Crippen LogP contribution in [0.25, 0.3) is 0 Å². The molecule has 0 spiro atoms. The van der Waals surface area contributed by atoms with E-state index in [1.165, 1.54) is 0 Å². The Hall–Kier alpha value is -1.86. The number of nitrogens with zero attached hydrogens (tertiary/aromatic N) is 2. The lowest BCUT2D eigenvalue weighted by Crippen LogP contribution is -2.10. The minimum absolute atomic E-state index is 1.17. The molecule has 0 saturated carbocycles. The molecule has 0 aliphatic carbocycles. The molecule has 0 aromatic carbocycles. The Kier molecular flexibility index (Phi) is 3.31. The van der Waals surface area contributed by atoms with Gasteiger partial charge in [0.1, 0.15) is 0 Å². The van der Waals surface area contributed by atoms with Gasteiger partial charge < -0.3 is 11.5 Å². The number of carbonyl (C=O) groups is 2. The molecule has 0 unspecified atom stereocenters. The highest BCUT2D eigenvalue weighted by Gasteiger charge is 1.90. The van der Waals surface area contributed by atoms with Crippen LogP contribution in [0.4, 0.5) is 9.59 Å². The van der Waals surface area contributed by atoms with E-state index in [1.807, 2.05) is 0 Å². The predicted octanol–water partition coefficient (Wildman–Crippen LogP) is -0.541. The Bertz CT molecular complexity index is 147. The predicted molar refractivity (Wildman–Crippen MR) is 26.2 cm³/mol. The molecule has 8 heteroatoms.